The fourth-order valence-electron chi connectivity index (χ4n) is 5.74. The molecular formula is C29H36Cl2N2O3S. The van der Waals surface area contributed by atoms with Gasteiger partial charge < -0.3 is 4.90 Å². The summed E-state index contributed by atoms with van der Waals surface area (Å²) >= 11 is 12.7. The zero-order chi connectivity index (χ0) is 26.8. The summed E-state index contributed by atoms with van der Waals surface area (Å²) in [6.45, 7) is 8.10. The molecule has 0 unspecified atom stereocenters. The molecule has 1 aliphatic heterocycles. The predicted molar refractivity (Wildman–Crippen MR) is 151 cm³/mol. The summed E-state index contributed by atoms with van der Waals surface area (Å²) in [5.74, 6) is -0.0415. The third-order valence-corrected chi connectivity index (χ3v) is 10.5. The average molecular weight is 564 g/mol. The number of sulfonamides is 1. The summed E-state index contributed by atoms with van der Waals surface area (Å²) in [6, 6.07) is 14.8. The fourth-order valence-corrected chi connectivity index (χ4v) is 7.68. The fraction of sp³-hybridized carbons (Fsp3) is 0.483. The Morgan fingerprint density at radius 1 is 1.14 bits per heavy atom. The number of benzene rings is 2. The van der Waals surface area contributed by atoms with E-state index in [0.717, 1.165) is 17.5 Å². The molecule has 1 aliphatic carbocycles. The van der Waals surface area contributed by atoms with Crippen LogP contribution in [0.3, 0.4) is 0 Å². The minimum Gasteiger partial charge on any atom is -0.330 e. The number of rotatable bonds is 10. The van der Waals surface area contributed by atoms with Gasteiger partial charge in [-0.25, -0.2) is 13.1 Å². The van der Waals surface area contributed by atoms with E-state index in [1.807, 2.05) is 61.2 Å². The van der Waals surface area contributed by atoms with E-state index in [2.05, 4.69) is 17.4 Å². The number of halogens is 2. The van der Waals surface area contributed by atoms with Gasteiger partial charge in [0.1, 0.15) is 0 Å². The molecule has 0 spiro atoms. The van der Waals surface area contributed by atoms with Crippen LogP contribution in [0.2, 0.25) is 10.0 Å². The molecule has 1 saturated carbocycles. The Hall–Kier alpha value is -1.86. The van der Waals surface area contributed by atoms with E-state index in [-0.39, 0.29) is 35.7 Å². The Balaban J connectivity index is 1.80. The minimum atomic E-state index is -3.42. The van der Waals surface area contributed by atoms with Gasteiger partial charge in [-0.05, 0) is 67.5 Å². The first-order chi connectivity index (χ1) is 17.6. The van der Waals surface area contributed by atoms with Crippen LogP contribution in [0.1, 0.15) is 75.5 Å². The third-order valence-electron chi connectivity index (χ3n) is 8.06. The van der Waals surface area contributed by atoms with Crippen molar-refractivity contribution in [3.05, 3.63) is 82.4 Å². The van der Waals surface area contributed by atoms with Gasteiger partial charge in [-0.15, -0.1) is 6.58 Å². The second-order valence-electron chi connectivity index (χ2n) is 10.6. The predicted octanol–water partition coefficient (Wildman–Crippen LogP) is 6.88. The number of nitrogens with zero attached hydrogens (tertiary/aromatic N) is 1. The molecule has 4 atom stereocenters. The smallest absolute Gasteiger partial charge is 0.229 e. The highest BCUT2D eigenvalue weighted by atomic mass is 35.5. The lowest BCUT2D eigenvalue weighted by Gasteiger charge is -2.52. The van der Waals surface area contributed by atoms with Crippen molar-refractivity contribution in [2.75, 3.05) is 6.54 Å². The van der Waals surface area contributed by atoms with E-state index < -0.39 is 15.4 Å². The highest BCUT2D eigenvalue weighted by Gasteiger charge is 2.51. The van der Waals surface area contributed by atoms with Gasteiger partial charge in [-0.3, -0.25) is 4.79 Å². The molecule has 1 N–H and O–H groups in total. The molecule has 1 saturated heterocycles. The second-order valence-corrected chi connectivity index (χ2v) is 13.6. The summed E-state index contributed by atoms with van der Waals surface area (Å²) in [5.41, 5.74) is 1.33. The number of piperidine rings is 1. The first-order valence-electron chi connectivity index (χ1n) is 13.0. The van der Waals surface area contributed by atoms with Gasteiger partial charge in [-0.1, -0.05) is 73.8 Å². The van der Waals surface area contributed by atoms with Crippen LogP contribution in [0.25, 0.3) is 0 Å². The van der Waals surface area contributed by atoms with E-state index in [1.54, 1.807) is 6.08 Å². The van der Waals surface area contributed by atoms with Gasteiger partial charge in [0.15, 0.2) is 0 Å². The molecule has 8 heteroatoms. The molecule has 4 rings (SSSR count). The Bertz CT molecular complexity index is 1230. The second kappa shape index (κ2) is 11.5. The lowest BCUT2D eigenvalue weighted by Crippen LogP contribution is -2.58. The van der Waals surface area contributed by atoms with Crippen molar-refractivity contribution < 1.29 is 13.2 Å². The summed E-state index contributed by atoms with van der Waals surface area (Å²) in [5, 5.41) is 0.925. The maximum atomic E-state index is 14.3. The number of likely N-dealkylation sites (tertiary alicyclic amines) is 1. The van der Waals surface area contributed by atoms with Crippen molar-refractivity contribution in [2.24, 2.45) is 5.41 Å². The average Bonchev–Trinajstić information content (AvgIpc) is 2.81. The van der Waals surface area contributed by atoms with Crippen molar-refractivity contribution in [3.8, 4) is 0 Å². The Morgan fingerprint density at radius 2 is 1.84 bits per heavy atom. The maximum absolute atomic E-state index is 14.3. The lowest BCUT2D eigenvalue weighted by atomic mass is 9.67. The summed E-state index contributed by atoms with van der Waals surface area (Å²) in [6.07, 6.45) is 5.87. The normalized spacial score (nSPS) is 25.5. The van der Waals surface area contributed by atoms with Crippen molar-refractivity contribution >= 4 is 39.1 Å². The quantitative estimate of drug-likeness (QED) is 0.321. The van der Waals surface area contributed by atoms with Crippen LogP contribution in [-0.4, -0.2) is 37.1 Å². The topological polar surface area (TPSA) is 66.5 Å². The number of amides is 1. The lowest BCUT2D eigenvalue weighted by molar-refractivity contribution is -0.154. The molecule has 2 aromatic rings. The molecule has 5 nitrogen and oxygen atoms in total. The molecule has 0 radical (unpaired) electrons. The van der Waals surface area contributed by atoms with Gasteiger partial charge in [0.05, 0.1) is 16.7 Å². The largest absolute Gasteiger partial charge is 0.330 e. The molecule has 1 amide bonds. The van der Waals surface area contributed by atoms with Crippen molar-refractivity contribution in [1.82, 2.24) is 9.62 Å². The SMILES string of the molecule is C=CC[C@@]1(C)C[C@H](c2cccc(Cl)c2)[C@@H](c2ccc(Cl)cc2)N([C@H](CC)CNS(=O)(=O)C2CCC2)C1=O. The van der Waals surface area contributed by atoms with Gasteiger partial charge in [0.25, 0.3) is 0 Å². The van der Waals surface area contributed by atoms with Crippen molar-refractivity contribution in [2.45, 2.75) is 75.6 Å². The first-order valence-corrected chi connectivity index (χ1v) is 15.3. The van der Waals surface area contributed by atoms with Gasteiger partial charge in [0, 0.05) is 28.5 Å². The summed E-state index contributed by atoms with van der Waals surface area (Å²) in [7, 11) is -3.42. The number of hydrogen-bond acceptors (Lipinski definition) is 3. The van der Waals surface area contributed by atoms with E-state index in [1.165, 1.54) is 0 Å². The number of nitrogens with one attached hydrogen (secondary N) is 1. The van der Waals surface area contributed by atoms with E-state index in [4.69, 9.17) is 23.2 Å². The van der Waals surface area contributed by atoms with E-state index >= 15 is 0 Å². The van der Waals surface area contributed by atoms with Crippen molar-refractivity contribution in [1.29, 1.82) is 0 Å². The minimum absolute atomic E-state index is 0.0142. The molecule has 2 fully saturated rings. The van der Waals surface area contributed by atoms with Crippen molar-refractivity contribution in [3.63, 3.8) is 0 Å². The van der Waals surface area contributed by atoms with Crippen LogP contribution >= 0.6 is 23.2 Å². The van der Waals surface area contributed by atoms with Crippen LogP contribution < -0.4 is 4.72 Å². The third kappa shape index (κ3) is 5.93. The molecule has 0 aromatic heterocycles. The zero-order valence-corrected chi connectivity index (χ0v) is 23.8. The Kier molecular flexibility index (Phi) is 8.74. The Labute approximate surface area is 231 Å². The Morgan fingerprint density at radius 3 is 2.41 bits per heavy atom. The molecule has 2 aromatic carbocycles. The summed E-state index contributed by atoms with van der Waals surface area (Å²) in [4.78, 5) is 16.2. The maximum Gasteiger partial charge on any atom is 0.229 e. The van der Waals surface area contributed by atoms with E-state index in [0.29, 0.717) is 42.1 Å². The van der Waals surface area contributed by atoms with Crippen LogP contribution in [-0.2, 0) is 14.8 Å². The van der Waals surface area contributed by atoms with Crippen LogP contribution in [0.5, 0.6) is 0 Å². The van der Waals surface area contributed by atoms with Gasteiger partial charge in [-0.2, -0.15) is 0 Å². The molecule has 2 aliphatic rings. The van der Waals surface area contributed by atoms with Gasteiger partial charge in [0.2, 0.25) is 15.9 Å². The first kappa shape index (κ1) is 28.2. The number of carbonyl (C=O) groups is 1. The highest BCUT2D eigenvalue weighted by Crippen LogP contribution is 2.52. The number of carbonyl (C=O) groups excluding carboxylic acids is 1. The van der Waals surface area contributed by atoms with Crippen LogP contribution in [0, 0.1) is 5.41 Å². The van der Waals surface area contributed by atoms with E-state index in [9.17, 15) is 13.2 Å². The number of allylic oxidation sites excluding steroid dienone is 1. The summed E-state index contributed by atoms with van der Waals surface area (Å²) < 4.78 is 28.6. The molecular weight excluding hydrogens is 527 g/mol. The van der Waals surface area contributed by atoms with Crippen LogP contribution in [0.15, 0.2) is 61.2 Å². The van der Waals surface area contributed by atoms with Crippen LogP contribution in [0.4, 0.5) is 0 Å². The molecule has 1 heterocycles. The van der Waals surface area contributed by atoms with Gasteiger partial charge >= 0.3 is 0 Å². The molecule has 37 heavy (non-hydrogen) atoms. The highest BCUT2D eigenvalue weighted by molar-refractivity contribution is 7.90. The number of hydrogen-bond donors (Lipinski definition) is 1. The monoisotopic (exact) mass is 562 g/mol. The standard InChI is InChI=1S/C29H36Cl2N2O3S/c1-4-16-29(3)18-26(21-8-6-9-23(31)17-21)27(20-12-14-22(30)15-13-20)33(28(29)34)24(5-2)19-32-37(35,36)25-10-7-11-25/h4,6,8-9,12-15,17,24-27,32H,1,5,7,10-11,16,18-19H2,2-3H3/t24-,26-,27-,29+/m1/s1. The molecule has 200 valence electrons. The molecule has 0 bridgehead atoms. The zero-order valence-electron chi connectivity index (χ0n) is 21.5.